The molecule has 1 aromatic carbocycles. The van der Waals surface area contributed by atoms with E-state index in [2.05, 4.69) is 9.97 Å². The molecule has 7 nitrogen and oxygen atoms in total. The monoisotopic (exact) mass is 405 g/mol. The van der Waals surface area contributed by atoms with Gasteiger partial charge in [-0.3, -0.25) is 4.57 Å². The smallest absolute Gasteiger partial charge is 0.333 e. The molecule has 1 atom stereocenters. The highest BCUT2D eigenvalue weighted by atomic mass is 16.5. The first-order valence-electron chi connectivity index (χ1n) is 9.91. The zero-order chi connectivity index (χ0) is 20.9. The van der Waals surface area contributed by atoms with Gasteiger partial charge in [0.2, 0.25) is 0 Å². The molecule has 4 rings (SSSR count). The summed E-state index contributed by atoms with van der Waals surface area (Å²) in [6.07, 6.45) is 3.77. The Bertz CT molecular complexity index is 1100. The molecule has 0 bridgehead atoms. The van der Waals surface area contributed by atoms with Gasteiger partial charge in [0, 0.05) is 36.2 Å². The van der Waals surface area contributed by atoms with Crippen LogP contribution in [0.15, 0.2) is 60.9 Å². The number of carboxylic acid groups (broad SMARTS) is 1. The zero-order valence-corrected chi connectivity index (χ0v) is 16.7. The minimum atomic E-state index is -0.949. The Balaban J connectivity index is 1.49. The van der Waals surface area contributed by atoms with Crippen LogP contribution >= 0.6 is 0 Å². The maximum absolute atomic E-state index is 11.4. The predicted octanol–water partition coefficient (Wildman–Crippen LogP) is 4.04. The van der Waals surface area contributed by atoms with E-state index in [-0.39, 0.29) is 6.73 Å². The quantitative estimate of drug-likeness (QED) is 0.452. The number of carboxylic acids is 1. The van der Waals surface area contributed by atoms with Gasteiger partial charge < -0.3 is 14.6 Å². The number of hydrogen-bond acceptors (Lipinski definition) is 5. The largest absolute Gasteiger partial charge is 0.479 e. The van der Waals surface area contributed by atoms with Crippen molar-refractivity contribution in [3.05, 3.63) is 66.5 Å². The van der Waals surface area contributed by atoms with E-state index in [4.69, 9.17) is 9.47 Å². The Labute approximate surface area is 173 Å². The van der Waals surface area contributed by atoms with Crippen molar-refractivity contribution in [2.45, 2.75) is 32.6 Å². The number of benzene rings is 1. The van der Waals surface area contributed by atoms with Crippen LogP contribution in [-0.4, -0.2) is 38.3 Å². The highest BCUT2D eigenvalue weighted by molar-refractivity contribution is 6.04. The number of nitrogens with zero attached hydrogens (tertiary/aromatic N) is 3. The van der Waals surface area contributed by atoms with Crippen molar-refractivity contribution in [3.8, 4) is 5.75 Å². The third kappa shape index (κ3) is 4.11. The molecule has 0 spiro atoms. The van der Waals surface area contributed by atoms with Gasteiger partial charge in [-0.15, -0.1) is 0 Å². The van der Waals surface area contributed by atoms with Gasteiger partial charge in [0.05, 0.1) is 0 Å². The van der Waals surface area contributed by atoms with Crippen LogP contribution in [0.3, 0.4) is 0 Å². The van der Waals surface area contributed by atoms with Gasteiger partial charge in [-0.1, -0.05) is 19.1 Å². The minimum absolute atomic E-state index is 0.269. The molecule has 3 aromatic heterocycles. The van der Waals surface area contributed by atoms with E-state index in [1.165, 1.54) is 0 Å². The zero-order valence-electron chi connectivity index (χ0n) is 16.7. The summed E-state index contributed by atoms with van der Waals surface area (Å²) in [6, 6.07) is 15.3. The molecular weight excluding hydrogens is 382 g/mol. The molecule has 0 aliphatic carbocycles. The molecule has 0 saturated heterocycles. The molecule has 1 unspecified atom stereocenters. The molecule has 0 radical (unpaired) electrons. The summed E-state index contributed by atoms with van der Waals surface area (Å²) in [7, 11) is 0. The minimum Gasteiger partial charge on any atom is -0.479 e. The lowest BCUT2D eigenvalue weighted by Gasteiger charge is -2.14. The third-order valence-corrected chi connectivity index (χ3v) is 4.88. The Morgan fingerprint density at radius 1 is 1.03 bits per heavy atom. The van der Waals surface area contributed by atoms with Gasteiger partial charge in [0.25, 0.3) is 0 Å². The maximum atomic E-state index is 11.4. The fourth-order valence-electron chi connectivity index (χ4n) is 3.42. The van der Waals surface area contributed by atoms with Gasteiger partial charge in [0.15, 0.2) is 12.8 Å². The number of hydrogen-bond donors (Lipinski definition) is 1. The number of aliphatic carboxylic acids is 1. The molecule has 7 heteroatoms. The van der Waals surface area contributed by atoms with Crippen LogP contribution in [0.5, 0.6) is 5.75 Å². The van der Waals surface area contributed by atoms with Crippen molar-refractivity contribution < 1.29 is 19.4 Å². The van der Waals surface area contributed by atoms with Gasteiger partial charge in [0.1, 0.15) is 17.0 Å². The van der Waals surface area contributed by atoms with Crippen molar-refractivity contribution >= 4 is 28.0 Å². The van der Waals surface area contributed by atoms with Gasteiger partial charge in [-0.05, 0) is 48.4 Å². The topological polar surface area (TPSA) is 86.5 Å². The van der Waals surface area contributed by atoms with Crippen LogP contribution in [0.25, 0.3) is 22.1 Å². The molecule has 30 heavy (non-hydrogen) atoms. The highest BCUT2D eigenvalue weighted by Crippen LogP contribution is 2.26. The van der Waals surface area contributed by atoms with Gasteiger partial charge in [-0.2, -0.15) is 0 Å². The number of pyridine rings is 2. The molecule has 4 aromatic rings. The Morgan fingerprint density at radius 2 is 1.67 bits per heavy atom. The molecule has 154 valence electrons. The van der Waals surface area contributed by atoms with Crippen molar-refractivity contribution in [3.63, 3.8) is 0 Å². The van der Waals surface area contributed by atoms with E-state index in [0.29, 0.717) is 18.8 Å². The van der Waals surface area contributed by atoms with Crippen LogP contribution in [0.1, 0.15) is 18.9 Å². The molecule has 0 aliphatic rings. The van der Waals surface area contributed by atoms with E-state index in [1.807, 2.05) is 60.0 Å². The highest BCUT2D eigenvalue weighted by Gasteiger charge is 2.18. The first-order chi connectivity index (χ1) is 14.7. The maximum Gasteiger partial charge on any atom is 0.333 e. The molecule has 3 heterocycles. The molecule has 0 aliphatic heterocycles. The van der Waals surface area contributed by atoms with E-state index in [1.54, 1.807) is 12.4 Å². The molecule has 1 N–H and O–H groups in total. The number of rotatable bonds is 9. The summed E-state index contributed by atoms with van der Waals surface area (Å²) in [5.74, 6) is -0.267. The average Bonchev–Trinajstić information content (AvgIpc) is 3.09. The summed E-state index contributed by atoms with van der Waals surface area (Å²) in [5, 5.41) is 11.4. The molecule has 0 saturated carbocycles. The van der Waals surface area contributed by atoms with Crippen LogP contribution < -0.4 is 4.74 Å². The van der Waals surface area contributed by atoms with Gasteiger partial charge in [-0.25, -0.2) is 14.8 Å². The third-order valence-electron chi connectivity index (χ3n) is 4.88. The summed E-state index contributed by atoms with van der Waals surface area (Å²) in [6.45, 7) is 2.65. The summed E-state index contributed by atoms with van der Waals surface area (Å²) >= 11 is 0. The van der Waals surface area contributed by atoms with Crippen LogP contribution in [0.2, 0.25) is 0 Å². The predicted molar refractivity (Wildman–Crippen MR) is 113 cm³/mol. The van der Waals surface area contributed by atoms with Gasteiger partial charge >= 0.3 is 5.97 Å². The molecule has 0 amide bonds. The number of aromatic nitrogens is 3. The van der Waals surface area contributed by atoms with Crippen molar-refractivity contribution in [1.29, 1.82) is 0 Å². The van der Waals surface area contributed by atoms with E-state index in [9.17, 15) is 9.90 Å². The van der Waals surface area contributed by atoms with Crippen LogP contribution in [0, 0.1) is 0 Å². The lowest BCUT2D eigenvalue weighted by atomic mass is 10.1. The number of ether oxygens (including phenoxy) is 2. The average molecular weight is 405 g/mol. The SMILES string of the molecule is CCCOC(Cc1ccc(OCn2c3ncccc3c3cccnc32)cc1)C(=O)O. The normalized spacial score (nSPS) is 12.3. The van der Waals surface area contributed by atoms with Crippen molar-refractivity contribution in [2.75, 3.05) is 6.61 Å². The Kier molecular flexibility index (Phi) is 5.90. The second kappa shape index (κ2) is 8.92. The molecular formula is C23H23N3O4. The lowest BCUT2D eigenvalue weighted by molar-refractivity contribution is -0.150. The fourth-order valence-corrected chi connectivity index (χ4v) is 3.42. The molecule has 0 fully saturated rings. The number of carbonyl (C=O) groups is 1. The van der Waals surface area contributed by atoms with Crippen molar-refractivity contribution in [1.82, 2.24) is 14.5 Å². The number of fused-ring (bicyclic) bond motifs is 3. The summed E-state index contributed by atoms with van der Waals surface area (Å²) in [5.41, 5.74) is 2.52. The lowest BCUT2D eigenvalue weighted by Crippen LogP contribution is -2.26. The second-order valence-corrected chi connectivity index (χ2v) is 7.00. The summed E-state index contributed by atoms with van der Waals surface area (Å²) < 4.78 is 13.3. The van der Waals surface area contributed by atoms with E-state index >= 15 is 0 Å². The summed E-state index contributed by atoms with van der Waals surface area (Å²) in [4.78, 5) is 20.3. The second-order valence-electron chi connectivity index (χ2n) is 7.00. The van der Waals surface area contributed by atoms with E-state index in [0.717, 1.165) is 34.1 Å². The van der Waals surface area contributed by atoms with Crippen LogP contribution in [0.4, 0.5) is 0 Å². The van der Waals surface area contributed by atoms with Crippen molar-refractivity contribution in [2.24, 2.45) is 0 Å². The first-order valence-corrected chi connectivity index (χ1v) is 9.91. The Morgan fingerprint density at radius 3 is 2.23 bits per heavy atom. The Hall–Kier alpha value is -3.45. The first kappa shape index (κ1) is 19.8. The van der Waals surface area contributed by atoms with Crippen LogP contribution in [-0.2, 0) is 22.7 Å². The fraction of sp³-hybridized carbons (Fsp3) is 0.261. The standard InChI is InChI=1S/C23H23N3O4/c1-2-13-29-20(23(27)28)14-16-7-9-17(10-8-16)30-15-26-21-18(5-3-11-24-21)19-6-4-12-25-22(19)26/h3-12,20H,2,13-15H2,1H3,(H,27,28). The van der Waals surface area contributed by atoms with E-state index < -0.39 is 12.1 Å².